The molecular weight excluding hydrogens is 218 g/mol. The normalized spacial score (nSPS) is 13.4. The van der Waals surface area contributed by atoms with Crippen LogP contribution in [0.25, 0.3) is 23.4 Å². The average molecular weight is 235 g/mol. The number of aromatic nitrogens is 1. The van der Waals surface area contributed by atoms with Crippen LogP contribution < -0.4 is 10.4 Å². The maximum Gasteiger partial charge on any atom is 0.0777 e. The molecule has 90 valence electrons. The number of hydrogen-bond donors (Lipinski definition) is 0. The summed E-state index contributed by atoms with van der Waals surface area (Å²) in [5, 5.41) is 2.62. The Labute approximate surface area is 108 Å². The fourth-order valence-electron chi connectivity index (χ4n) is 2.69. The quantitative estimate of drug-likeness (QED) is 0.740. The Balaban J connectivity index is 2.31. The van der Waals surface area contributed by atoms with Gasteiger partial charge in [-0.25, -0.2) is 0 Å². The standard InChI is InChI=1S/C17H17N/c1-12-9-13(2)11-15(10-12)17-16-6-4-3-5-14(16)7-8-18-17/h5-11H,3-4H2,1-2H3. The van der Waals surface area contributed by atoms with Crippen molar-refractivity contribution >= 4 is 12.2 Å². The zero-order valence-corrected chi connectivity index (χ0v) is 10.9. The Morgan fingerprint density at radius 1 is 0.944 bits per heavy atom. The zero-order valence-electron chi connectivity index (χ0n) is 10.9. The molecule has 0 spiro atoms. The van der Waals surface area contributed by atoms with Crippen LogP contribution in [0.2, 0.25) is 0 Å². The molecule has 1 heteroatoms. The van der Waals surface area contributed by atoms with Crippen molar-refractivity contribution in [2.45, 2.75) is 26.7 Å². The molecule has 0 aliphatic heterocycles. The van der Waals surface area contributed by atoms with E-state index in [4.69, 9.17) is 0 Å². The first-order chi connectivity index (χ1) is 8.74. The molecule has 0 atom stereocenters. The fraction of sp³-hybridized carbons (Fsp3) is 0.235. The van der Waals surface area contributed by atoms with Crippen LogP contribution in [0.1, 0.15) is 24.0 Å². The molecule has 3 rings (SSSR count). The molecule has 0 radical (unpaired) electrons. The Morgan fingerprint density at radius 2 is 1.67 bits per heavy atom. The van der Waals surface area contributed by atoms with Gasteiger partial charge in [0.2, 0.25) is 0 Å². The van der Waals surface area contributed by atoms with E-state index < -0.39 is 0 Å². The first-order valence-electron chi connectivity index (χ1n) is 6.48. The predicted molar refractivity (Wildman–Crippen MR) is 76.6 cm³/mol. The Morgan fingerprint density at radius 3 is 2.44 bits per heavy atom. The largest absolute Gasteiger partial charge is 0.256 e. The molecule has 0 bridgehead atoms. The van der Waals surface area contributed by atoms with E-state index in [2.05, 4.69) is 55.2 Å². The Hall–Kier alpha value is -1.89. The number of aryl methyl sites for hydroxylation is 2. The van der Waals surface area contributed by atoms with Gasteiger partial charge in [0.25, 0.3) is 0 Å². The predicted octanol–water partition coefficient (Wildman–Crippen LogP) is 2.72. The molecule has 1 heterocycles. The van der Waals surface area contributed by atoms with Gasteiger partial charge in [-0.05, 0) is 50.1 Å². The first-order valence-corrected chi connectivity index (χ1v) is 6.48. The highest BCUT2D eigenvalue weighted by Crippen LogP contribution is 2.17. The lowest BCUT2D eigenvalue weighted by atomic mass is 10.00. The second-order valence-corrected chi connectivity index (χ2v) is 5.02. The van der Waals surface area contributed by atoms with E-state index in [1.807, 2.05) is 6.20 Å². The van der Waals surface area contributed by atoms with Gasteiger partial charge in [-0.15, -0.1) is 0 Å². The van der Waals surface area contributed by atoms with Crippen LogP contribution in [-0.4, -0.2) is 4.98 Å². The van der Waals surface area contributed by atoms with E-state index in [0.29, 0.717) is 0 Å². The lowest BCUT2D eigenvalue weighted by Gasteiger charge is -2.08. The van der Waals surface area contributed by atoms with Crippen LogP contribution >= 0.6 is 0 Å². The van der Waals surface area contributed by atoms with E-state index in [1.165, 1.54) is 27.1 Å². The number of pyridine rings is 1. The van der Waals surface area contributed by atoms with Crippen LogP contribution in [-0.2, 0) is 0 Å². The second-order valence-electron chi connectivity index (χ2n) is 5.02. The van der Waals surface area contributed by atoms with Crippen molar-refractivity contribution in [3.63, 3.8) is 0 Å². The zero-order chi connectivity index (χ0) is 12.5. The van der Waals surface area contributed by atoms with Crippen LogP contribution in [0.3, 0.4) is 0 Å². The molecule has 0 N–H and O–H groups in total. The highest BCUT2D eigenvalue weighted by molar-refractivity contribution is 5.64. The van der Waals surface area contributed by atoms with E-state index >= 15 is 0 Å². The van der Waals surface area contributed by atoms with Crippen molar-refractivity contribution in [3.05, 3.63) is 52.0 Å². The molecule has 0 amide bonds. The van der Waals surface area contributed by atoms with Gasteiger partial charge < -0.3 is 0 Å². The summed E-state index contributed by atoms with van der Waals surface area (Å²) in [4.78, 5) is 4.59. The minimum Gasteiger partial charge on any atom is -0.256 e. The average Bonchev–Trinajstić information content (AvgIpc) is 2.37. The number of benzene rings is 1. The third-order valence-corrected chi connectivity index (χ3v) is 3.40. The van der Waals surface area contributed by atoms with Gasteiger partial charge in [0.1, 0.15) is 0 Å². The van der Waals surface area contributed by atoms with Gasteiger partial charge in [0, 0.05) is 17.0 Å². The monoisotopic (exact) mass is 235 g/mol. The van der Waals surface area contributed by atoms with Gasteiger partial charge >= 0.3 is 0 Å². The molecule has 1 nitrogen and oxygen atoms in total. The fourth-order valence-corrected chi connectivity index (χ4v) is 2.69. The maximum absolute atomic E-state index is 4.59. The van der Waals surface area contributed by atoms with Crippen LogP contribution in [0, 0.1) is 13.8 Å². The Bertz CT molecular complexity index is 691. The summed E-state index contributed by atoms with van der Waals surface area (Å²) >= 11 is 0. The van der Waals surface area contributed by atoms with E-state index in [0.717, 1.165) is 18.5 Å². The van der Waals surface area contributed by atoms with Crippen molar-refractivity contribution in [1.82, 2.24) is 4.98 Å². The Kier molecular flexibility index (Phi) is 2.75. The van der Waals surface area contributed by atoms with Crippen molar-refractivity contribution in [2.24, 2.45) is 0 Å². The number of nitrogens with zero attached hydrogens (tertiary/aromatic N) is 1. The van der Waals surface area contributed by atoms with Crippen molar-refractivity contribution in [1.29, 1.82) is 0 Å². The van der Waals surface area contributed by atoms with Crippen molar-refractivity contribution in [2.75, 3.05) is 0 Å². The van der Waals surface area contributed by atoms with Gasteiger partial charge in [-0.3, -0.25) is 4.98 Å². The molecule has 1 aliphatic carbocycles. The third-order valence-electron chi connectivity index (χ3n) is 3.40. The summed E-state index contributed by atoms with van der Waals surface area (Å²) in [6.07, 6.45) is 8.81. The molecule has 0 fully saturated rings. The lowest BCUT2D eigenvalue weighted by molar-refractivity contribution is 1.10. The summed E-state index contributed by atoms with van der Waals surface area (Å²) < 4.78 is 0. The van der Waals surface area contributed by atoms with Crippen LogP contribution in [0.15, 0.2) is 30.5 Å². The summed E-state index contributed by atoms with van der Waals surface area (Å²) in [5.74, 6) is 0. The van der Waals surface area contributed by atoms with Gasteiger partial charge in [-0.1, -0.05) is 29.3 Å². The molecular formula is C17H17N. The molecule has 1 aliphatic rings. The summed E-state index contributed by atoms with van der Waals surface area (Å²) in [6.45, 7) is 4.28. The lowest BCUT2D eigenvalue weighted by Crippen LogP contribution is -2.29. The first kappa shape index (κ1) is 11.2. The number of fused-ring (bicyclic) bond motifs is 1. The minimum atomic E-state index is 1.12. The van der Waals surface area contributed by atoms with Crippen molar-refractivity contribution in [3.8, 4) is 11.3 Å². The van der Waals surface area contributed by atoms with Crippen LogP contribution in [0.5, 0.6) is 0 Å². The molecule has 0 saturated heterocycles. The smallest absolute Gasteiger partial charge is 0.0777 e. The number of rotatable bonds is 1. The van der Waals surface area contributed by atoms with Crippen LogP contribution in [0.4, 0.5) is 0 Å². The summed E-state index contributed by atoms with van der Waals surface area (Å²) in [5.41, 5.74) is 4.94. The maximum atomic E-state index is 4.59. The minimum absolute atomic E-state index is 1.12. The summed E-state index contributed by atoms with van der Waals surface area (Å²) in [7, 11) is 0. The molecule has 1 aromatic carbocycles. The topological polar surface area (TPSA) is 12.9 Å². The van der Waals surface area contributed by atoms with E-state index in [9.17, 15) is 0 Å². The van der Waals surface area contributed by atoms with Crippen molar-refractivity contribution < 1.29 is 0 Å². The van der Waals surface area contributed by atoms with E-state index in [1.54, 1.807) is 0 Å². The molecule has 1 aromatic heterocycles. The number of hydrogen-bond acceptors (Lipinski definition) is 1. The highest BCUT2D eigenvalue weighted by atomic mass is 14.7. The van der Waals surface area contributed by atoms with Gasteiger partial charge in [-0.2, -0.15) is 0 Å². The van der Waals surface area contributed by atoms with Gasteiger partial charge in [0.05, 0.1) is 5.69 Å². The third kappa shape index (κ3) is 1.97. The molecule has 2 aromatic rings. The summed E-state index contributed by atoms with van der Waals surface area (Å²) in [6, 6.07) is 8.75. The molecule has 0 saturated carbocycles. The van der Waals surface area contributed by atoms with E-state index in [-0.39, 0.29) is 0 Å². The van der Waals surface area contributed by atoms with Gasteiger partial charge in [0.15, 0.2) is 0 Å². The highest BCUT2D eigenvalue weighted by Gasteiger charge is 2.05. The molecule has 18 heavy (non-hydrogen) atoms. The second kappa shape index (κ2) is 4.41. The SMILES string of the molecule is Cc1cc(C)cc(-c2nccc3c2=CCCC=3)c1. The molecule has 0 unspecified atom stereocenters.